The van der Waals surface area contributed by atoms with Crippen molar-refractivity contribution in [1.82, 2.24) is 4.57 Å². The summed E-state index contributed by atoms with van der Waals surface area (Å²) in [6, 6.07) is 11.3. The van der Waals surface area contributed by atoms with Crippen molar-refractivity contribution in [3.05, 3.63) is 73.8 Å². The molecule has 0 N–H and O–H groups in total. The average Bonchev–Trinajstić information content (AvgIpc) is 3.08. The zero-order valence-electron chi connectivity index (χ0n) is 16.0. The van der Waals surface area contributed by atoms with Gasteiger partial charge >= 0.3 is 11.9 Å². The van der Waals surface area contributed by atoms with Crippen molar-refractivity contribution in [2.45, 2.75) is 13.5 Å². The van der Waals surface area contributed by atoms with Crippen LogP contribution >= 0.6 is 22.9 Å². The number of esters is 1. The molecular weight excluding hydrogens is 428 g/mol. The van der Waals surface area contributed by atoms with E-state index in [9.17, 15) is 14.4 Å². The van der Waals surface area contributed by atoms with E-state index in [1.165, 1.54) is 18.4 Å². The van der Waals surface area contributed by atoms with Gasteiger partial charge in [-0.1, -0.05) is 35.1 Å². The zero-order valence-corrected chi connectivity index (χ0v) is 17.5. The maximum Gasteiger partial charge on any atom is 0.325 e. The molecule has 4 rings (SSSR count). The summed E-state index contributed by atoms with van der Waals surface area (Å²) in [7, 11) is 1.28. The Kier molecular flexibility index (Phi) is 5.27. The number of rotatable bonds is 3. The lowest BCUT2D eigenvalue weighted by Gasteiger charge is -2.07. The largest absolute Gasteiger partial charge is 0.468 e. The van der Waals surface area contributed by atoms with Crippen molar-refractivity contribution in [2.24, 2.45) is 4.99 Å². The first-order valence-corrected chi connectivity index (χ1v) is 10.1. The molecule has 0 aliphatic heterocycles. The lowest BCUT2D eigenvalue weighted by atomic mass is 10.2. The number of aryl methyl sites for hydroxylation is 1. The van der Waals surface area contributed by atoms with Crippen LogP contribution in [0.5, 0.6) is 0 Å². The van der Waals surface area contributed by atoms with E-state index in [2.05, 4.69) is 4.99 Å². The third-order valence-electron chi connectivity index (χ3n) is 4.59. The Bertz CT molecular complexity index is 1450. The molecule has 0 spiro atoms. The Morgan fingerprint density at radius 1 is 1.23 bits per heavy atom. The lowest BCUT2D eigenvalue weighted by molar-refractivity contribution is -0.141. The van der Waals surface area contributed by atoms with Crippen LogP contribution in [0.3, 0.4) is 0 Å². The van der Waals surface area contributed by atoms with Gasteiger partial charge in [-0.15, -0.1) is 0 Å². The first-order chi connectivity index (χ1) is 14.4. The van der Waals surface area contributed by atoms with E-state index in [1.807, 2.05) is 6.92 Å². The first-order valence-electron chi connectivity index (χ1n) is 8.86. The molecule has 0 bridgehead atoms. The zero-order chi connectivity index (χ0) is 21.4. The second-order valence-corrected chi connectivity index (χ2v) is 7.87. The van der Waals surface area contributed by atoms with Crippen LogP contribution in [0.4, 0.5) is 0 Å². The van der Waals surface area contributed by atoms with Crippen molar-refractivity contribution in [2.75, 3.05) is 7.11 Å². The number of ether oxygens (including phenoxy) is 1. The summed E-state index contributed by atoms with van der Waals surface area (Å²) >= 11 is 7.46. The van der Waals surface area contributed by atoms with E-state index >= 15 is 0 Å². The van der Waals surface area contributed by atoms with Crippen LogP contribution in [0.1, 0.15) is 16.1 Å². The van der Waals surface area contributed by atoms with E-state index < -0.39 is 11.9 Å². The normalized spacial score (nSPS) is 11.9. The molecule has 2 aromatic heterocycles. The van der Waals surface area contributed by atoms with Gasteiger partial charge in [0.1, 0.15) is 12.1 Å². The fraction of sp³-hybridized carbons (Fsp3) is 0.143. The monoisotopic (exact) mass is 442 g/mol. The summed E-state index contributed by atoms with van der Waals surface area (Å²) in [5.74, 6) is -1.41. The fourth-order valence-electron chi connectivity index (χ4n) is 3.09. The van der Waals surface area contributed by atoms with Crippen LogP contribution in [-0.2, 0) is 16.1 Å². The third kappa shape index (κ3) is 3.55. The molecule has 0 radical (unpaired) electrons. The summed E-state index contributed by atoms with van der Waals surface area (Å²) in [6.45, 7) is 1.67. The molecule has 152 valence electrons. The van der Waals surface area contributed by atoms with Gasteiger partial charge < -0.3 is 13.7 Å². The number of carbonyl (C=O) groups is 2. The van der Waals surface area contributed by atoms with Gasteiger partial charge in [0.25, 0.3) is 0 Å². The summed E-state index contributed by atoms with van der Waals surface area (Å²) < 4.78 is 12.7. The number of carbonyl (C=O) groups excluding carboxylic acids is 2. The van der Waals surface area contributed by atoms with Gasteiger partial charge in [0, 0.05) is 11.1 Å². The Labute approximate surface area is 178 Å². The number of thiazole rings is 1. The Balaban J connectivity index is 1.91. The van der Waals surface area contributed by atoms with E-state index in [4.69, 9.17) is 20.8 Å². The summed E-state index contributed by atoms with van der Waals surface area (Å²) in [5.41, 5.74) is 1.40. The van der Waals surface area contributed by atoms with Crippen molar-refractivity contribution in [3.8, 4) is 0 Å². The van der Waals surface area contributed by atoms with Gasteiger partial charge in [0.15, 0.2) is 16.0 Å². The van der Waals surface area contributed by atoms with Gasteiger partial charge in [-0.3, -0.25) is 14.4 Å². The van der Waals surface area contributed by atoms with Crippen LogP contribution in [0, 0.1) is 6.92 Å². The number of hydrogen-bond donors (Lipinski definition) is 0. The predicted molar refractivity (Wildman–Crippen MR) is 114 cm³/mol. The van der Waals surface area contributed by atoms with Crippen LogP contribution in [0.15, 0.2) is 56.7 Å². The minimum Gasteiger partial charge on any atom is -0.468 e. The van der Waals surface area contributed by atoms with Gasteiger partial charge in [0.05, 0.1) is 22.7 Å². The molecule has 0 saturated heterocycles. The highest BCUT2D eigenvalue weighted by Gasteiger charge is 2.17. The molecule has 2 aromatic carbocycles. The maximum absolute atomic E-state index is 12.8. The van der Waals surface area contributed by atoms with E-state index in [-0.39, 0.29) is 22.5 Å². The van der Waals surface area contributed by atoms with Gasteiger partial charge in [-0.2, -0.15) is 4.99 Å². The lowest BCUT2D eigenvalue weighted by Crippen LogP contribution is -2.23. The number of amides is 1. The maximum atomic E-state index is 12.8. The Morgan fingerprint density at radius 3 is 2.77 bits per heavy atom. The molecule has 7 nitrogen and oxygen atoms in total. The minimum absolute atomic E-state index is 0.147. The quantitative estimate of drug-likeness (QED) is 0.451. The Morgan fingerprint density at radius 2 is 2.00 bits per heavy atom. The van der Waals surface area contributed by atoms with Crippen LogP contribution in [0.2, 0.25) is 5.02 Å². The number of halogens is 1. The number of aromatic nitrogens is 1. The number of benzene rings is 2. The van der Waals surface area contributed by atoms with E-state index in [1.54, 1.807) is 41.0 Å². The number of fused-ring (bicyclic) bond motifs is 2. The summed E-state index contributed by atoms with van der Waals surface area (Å²) in [5, 5.41) is 0.902. The Hall–Kier alpha value is -3.23. The standard InChI is InChI=1S/C21H15ClN2O5S/c1-11-13(22)7-8-17-19(11)24(10-18(26)28-2)21(30-17)23-20(27)16-9-14(25)12-5-3-4-6-15(12)29-16/h3-9H,10H2,1-2H3. The molecule has 0 saturated carbocycles. The molecule has 1 amide bonds. The minimum atomic E-state index is -0.730. The average molecular weight is 443 g/mol. The molecule has 2 heterocycles. The second-order valence-electron chi connectivity index (χ2n) is 6.45. The molecule has 0 unspecified atom stereocenters. The molecule has 0 fully saturated rings. The molecule has 0 aliphatic carbocycles. The molecule has 9 heteroatoms. The molecule has 0 aliphatic rings. The molecule has 30 heavy (non-hydrogen) atoms. The van der Waals surface area contributed by atoms with E-state index in [0.29, 0.717) is 21.5 Å². The highest BCUT2D eigenvalue weighted by atomic mass is 35.5. The highest BCUT2D eigenvalue weighted by Crippen LogP contribution is 2.27. The molecule has 0 atom stereocenters. The summed E-state index contributed by atoms with van der Waals surface area (Å²) in [4.78, 5) is 41.5. The highest BCUT2D eigenvalue weighted by molar-refractivity contribution is 7.16. The van der Waals surface area contributed by atoms with Crippen molar-refractivity contribution in [1.29, 1.82) is 0 Å². The third-order valence-corrected chi connectivity index (χ3v) is 6.04. The summed E-state index contributed by atoms with van der Waals surface area (Å²) in [6.07, 6.45) is 0. The first kappa shape index (κ1) is 20.1. The van der Waals surface area contributed by atoms with Gasteiger partial charge in [0.2, 0.25) is 0 Å². The number of para-hydroxylation sites is 1. The van der Waals surface area contributed by atoms with Gasteiger partial charge in [-0.25, -0.2) is 0 Å². The molecule has 4 aromatic rings. The smallest absolute Gasteiger partial charge is 0.325 e. The van der Waals surface area contributed by atoms with Crippen molar-refractivity contribution >= 4 is 56.0 Å². The molecular formula is C21H15ClN2O5S. The van der Waals surface area contributed by atoms with Crippen molar-refractivity contribution in [3.63, 3.8) is 0 Å². The van der Waals surface area contributed by atoms with Crippen molar-refractivity contribution < 1.29 is 18.7 Å². The fourth-order valence-corrected chi connectivity index (χ4v) is 4.33. The number of methoxy groups -OCH3 is 1. The van der Waals surface area contributed by atoms with Gasteiger partial charge in [-0.05, 0) is 36.8 Å². The van der Waals surface area contributed by atoms with E-state index in [0.717, 1.165) is 16.3 Å². The topological polar surface area (TPSA) is 90.9 Å². The van der Waals surface area contributed by atoms with Crippen LogP contribution < -0.4 is 10.2 Å². The predicted octanol–water partition coefficient (Wildman–Crippen LogP) is 3.69. The van der Waals surface area contributed by atoms with Crippen LogP contribution in [0.25, 0.3) is 21.2 Å². The number of hydrogen-bond acceptors (Lipinski definition) is 6. The SMILES string of the molecule is COC(=O)Cn1c(=NC(=O)c2cc(=O)c3ccccc3o2)sc2ccc(Cl)c(C)c21. The number of nitrogens with zero attached hydrogens (tertiary/aromatic N) is 2. The van der Waals surface area contributed by atoms with Crippen LogP contribution in [-0.4, -0.2) is 23.6 Å². The second kappa shape index (κ2) is 7.89.